The predicted octanol–water partition coefficient (Wildman–Crippen LogP) is 5.48. The molecule has 0 amide bonds. The van der Waals surface area contributed by atoms with E-state index in [0.717, 1.165) is 33.6 Å². The van der Waals surface area contributed by atoms with Crippen LogP contribution in [0.1, 0.15) is 16.7 Å². The zero-order valence-corrected chi connectivity index (χ0v) is 18.2. The number of benzene rings is 2. The molecule has 0 saturated heterocycles. The molecule has 6 rings (SSSR count). The molecule has 6 nitrogen and oxygen atoms in total. The zero-order chi connectivity index (χ0) is 21.8. The first-order valence-electron chi connectivity index (χ1n) is 10.6. The Morgan fingerprint density at radius 2 is 1.22 bits per heavy atom. The highest BCUT2D eigenvalue weighted by Gasteiger charge is 2.23. The average molecular weight is 419 g/mol. The smallest absolute Gasteiger partial charge is 0.145 e. The van der Waals surface area contributed by atoms with Crippen LogP contribution < -0.4 is 0 Å². The maximum atomic E-state index is 4.81. The lowest BCUT2D eigenvalue weighted by Gasteiger charge is -2.24. The van der Waals surface area contributed by atoms with E-state index in [2.05, 4.69) is 74.8 Å². The van der Waals surface area contributed by atoms with Gasteiger partial charge in [0, 0.05) is 41.8 Å². The molecule has 0 unspecified atom stereocenters. The number of fused-ring (bicyclic) bond motifs is 3. The van der Waals surface area contributed by atoms with E-state index < -0.39 is 0 Å². The van der Waals surface area contributed by atoms with Crippen molar-refractivity contribution in [1.82, 2.24) is 28.7 Å². The van der Waals surface area contributed by atoms with Gasteiger partial charge in [-0.15, -0.1) is 0 Å². The fourth-order valence-electron chi connectivity index (χ4n) is 5.10. The number of pyridine rings is 1. The van der Waals surface area contributed by atoms with E-state index in [-0.39, 0.29) is 0 Å². The summed E-state index contributed by atoms with van der Waals surface area (Å²) in [5, 5.41) is 2.35. The Labute approximate surface area is 185 Å². The summed E-state index contributed by atoms with van der Waals surface area (Å²) in [5.74, 6) is 0. The Morgan fingerprint density at radius 3 is 1.84 bits per heavy atom. The Hall–Kier alpha value is -4.19. The molecule has 0 aliphatic carbocycles. The lowest BCUT2D eigenvalue weighted by molar-refractivity contribution is 0.953. The molecule has 0 bridgehead atoms. The van der Waals surface area contributed by atoms with E-state index >= 15 is 0 Å². The molecule has 0 aliphatic rings. The molecule has 0 saturated carbocycles. The largest absolute Gasteiger partial charge is 0.306 e. The summed E-state index contributed by atoms with van der Waals surface area (Å²) < 4.78 is 6.49. The van der Waals surface area contributed by atoms with Crippen LogP contribution in [0.2, 0.25) is 0 Å². The second kappa shape index (κ2) is 6.92. The van der Waals surface area contributed by atoms with Crippen molar-refractivity contribution in [2.45, 2.75) is 20.8 Å². The molecule has 4 aromatic heterocycles. The lowest BCUT2D eigenvalue weighted by Crippen LogP contribution is -2.12. The Balaban J connectivity index is 1.83. The molecule has 0 fully saturated rings. The van der Waals surface area contributed by atoms with Gasteiger partial charge in [0.2, 0.25) is 0 Å². The van der Waals surface area contributed by atoms with Crippen molar-refractivity contribution in [2.24, 2.45) is 0 Å². The van der Waals surface area contributed by atoms with Gasteiger partial charge in [0.05, 0.1) is 35.2 Å². The van der Waals surface area contributed by atoms with Crippen LogP contribution in [0.5, 0.6) is 0 Å². The van der Waals surface area contributed by atoms with Crippen molar-refractivity contribution in [3.05, 3.63) is 96.7 Å². The summed E-state index contributed by atoms with van der Waals surface area (Å²) in [5.41, 5.74) is 9.00. The Morgan fingerprint density at radius 1 is 0.625 bits per heavy atom. The molecule has 6 aromatic rings. The maximum absolute atomic E-state index is 4.81. The predicted molar refractivity (Wildman–Crippen MR) is 127 cm³/mol. The molecule has 156 valence electrons. The first-order chi connectivity index (χ1) is 15.7. The van der Waals surface area contributed by atoms with Gasteiger partial charge in [-0.25, -0.2) is 15.0 Å². The average Bonchev–Trinajstić information content (AvgIpc) is 3.56. The third-order valence-electron chi connectivity index (χ3n) is 6.31. The van der Waals surface area contributed by atoms with Crippen LogP contribution in [-0.2, 0) is 0 Å². The van der Waals surface area contributed by atoms with Crippen LogP contribution >= 0.6 is 0 Å². The number of rotatable bonds is 3. The highest BCUT2D eigenvalue weighted by atomic mass is 15.1. The summed E-state index contributed by atoms with van der Waals surface area (Å²) in [7, 11) is 0. The summed E-state index contributed by atoms with van der Waals surface area (Å²) in [6.07, 6.45) is 13.2. The van der Waals surface area contributed by atoms with E-state index in [4.69, 9.17) is 4.98 Å². The fraction of sp³-hybridized carbons (Fsp3) is 0.115. The zero-order valence-electron chi connectivity index (χ0n) is 18.2. The number of imidazole rings is 2. The molecule has 4 heterocycles. The summed E-state index contributed by atoms with van der Waals surface area (Å²) >= 11 is 0. The Bertz CT molecular complexity index is 1470. The second-order valence-corrected chi connectivity index (χ2v) is 8.09. The molecule has 32 heavy (non-hydrogen) atoms. The quantitative estimate of drug-likeness (QED) is 0.383. The van der Waals surface area contributed by atoms with Gasteiger partial charge < -0.3 is 9.13 Å². The number of aromatic nitrogens is 6. The van der Waals surface area contributed by atoms with Gasteiger partial charge in [-0.05, 0) is 55.7 Å². The number of hydrogen-bond donors (Lipinski definition) is 0. The minimum Gasteiger partial charge on any atom is -0.306 e. The molecule has 6 heteroatoms. The molecule has 0 N–H and O–H groups in total. The highest BCUT2D eigenvalue weighted by Crippen LogP contribution is 2.39. The van der Waals surface area contributed by atoms with Gasteiger partial charge in [-0.3, -0.25) is 4.57 Å². The summed E-state index contributed by atoms with van der Waals surface area (Å²) in [6, 6.07) is 12.7. The van der Waals surface area contributed by atoms with Gasteiger partial charge in [0.1, 0.15) is 5.65 Å². The van der Waals surface area contributed by atoms with Crippen molar-refractivity contribution in [1.29, 1.82) is 0 Å². The molecule has 2 aromatic carbocycles. The SMILES string of the molecule is Cc1c(-n2ccnc2)c(C)c(-n2c3ccccc3c3cccnc32)c(C)c1-n1ccnc1. The van der Waals surface area contributed by atoms with Gasteiger partial charge >= 0.3 is 0 Å². The normalized spacial score (nSPS) is 11.6. The van der Waals surface area contributed by atoms with Crippen molar-refractivity contribution < 1.29 is 0 Å². The monoisotopic (exact) mass is 418 g/mol. The standard InChI is InChI=1S/C26H22N6/c1-17-23(30-13-11-27-15-30)18(2)25(19(3)24(17)31-14-12-28-16-31)32-22-9-5-4-7-20(22)21-8-6-10-29-26(21)32/h4-16H,1-3H3. The van der Waals surface area contributed by atoms with Gasteiger partial charge in [-0.2, -0.15) is 0 Å². The van der Waals surface area contributed by atoms with E-state index in [1.807, 2.05) is 49.7 Å². The lowest BCUT2D eigenvalue weighted by atomic mass is 9.98. The van der Waals surface area contributed by atoms with Crippen molar-refractivity contribution in [2.75, 3.05) is 0 Å². The third kappa shape index (κ3) is 2.49. The third-order valence-corrected chi connectivity index (χ3v) is 6.31. The van der Waals surface area contributed by atoms with Crippen molar-refractivity contribution >= 4 is 21.9 Å². The summed E-state index contributed by atoms with van der Waals surface area (Å²) in [6.45, 7) is 6.54. The first kappa shape index (κ1) is 18.6. The van der Waals surface area contributed by atoms with Crippen LogP contribution in [0.15, 0.2) is 80.0 Å². The van der Waals surface area contributed by atoms with Gasteiger partial charge in [-0.1, -0.05) is 18.2 Å². The van der Waals surface area contributed by atoms with Crippen LogP contribution in [0.3, 0.4) is 0 Å². The Kier molecular flexibility index (Phi) is 4.01. The number of para-hydroxylation sites is 1. The molecule has 0 spiro atoms. The minimum atomic E-state index is 0.955. The molecule has 0 radical (unpaired) electrons. The second-order valence-electron chi connectivity index (χ2n) is 8.09. The van der Waals surface area contributed by atoms with Gasteiger partial charge in [0.25, 0.3) is 0 Å². The maximum Gasteiger partial charge on any atom is 0.145 e. The van der Waals surface area contributed by atoms with Crippen molar-refractivity contribution in [3.8, 4) is 17.1 Å². The van der Waals surface area contributed by atoms with E-state index in [1.54, 1.807) is 0 Å². The number of hydrogen-bond acceptors (Lipinski definition) is 3. The van der Waals surface area contributed by atoms with Crippen LogP contribution in [0.25, 0.3) is 39.0 Å². The van der Waals surface area contributed by atoms with Gasteiger partial charge in [0.15, 0.2) is 0 Å². The molecule has 0 aliphatic heterocycles. The minimum absolute atomic E-state index is 0.955. The fourth-order valence-corrected chi connectivity index (χ4v) is 5.10. The van der Waals surface area contributed by atoms with Crippen LogP contribution in [-0.4, -0.2) is 28.7 Å². The van der Waals surface area contributed by atoms with Crippen molar-refractivity contribution in [3.63, 3.8) is 0 Å². The topological polar surface area (TPSA) is 53.5 Å². The number of nitrogens with zero attached hydrogens (tertiary/aromatic N) is 6. The van der Waals surface area contributed by atoms with E-state index in [1.165, 1.54) is 22.1 Å². The first-order valence-corrected chi connectivity index (χ1v) is 10.6. The molecular formula is C26H22N6. The highest BCUT2D eigenvalue weighted by molar-refractivity contribution is 6.08. The van der Waals surface area contributed by atoms with Crippen LogP contribution in [0.4, 0.5) is 0 Å². The summed E-state index contributed by atoms with van der Waals surface area (Å²) in [4.78, 5) is 13.4. The van der Waals surface area contributed by atoms with Crippen LogP contribution in [0, 0.1) is 20.8 Å². The van der Waals surface area contributed by atoms with E-state index in [0.29, 0.717) is 0 Å². The molecule has 0 atom stereocenters. The van der Waals surface area contributed by atoms with E-state index in [9.17, 15) is 0 Å². The molecular weight excluding hydrogens is 396 g/mol.